The lowest BCUT2D eigenvalue weighted by Crippen LogP contribution is -2.36. The van der Waals surface area contributed by atoms with Crippen LogP contribution in [0.1, 0.15) is 11.1 Å². The number of hydrogen-bond acceptors (Lipinski definition) is 2. The second kappa shape index (κ2) is 7.56. The molecular formula is C17H19FN2O2. The molecule has 0 fully saturated rings. The molecule has 0 aliphatic heterocycles. The summed E-state index contributed by atoms with van der Waals surface area (Å²) < 4.78 is 13.7. The number of carbonyl (C=O) groups is 1. The predicted octanol–water partition coefficient (Wildman–Crippen LogP) is 3.16. The molecule has 116 valence electrons. The highest BCUT2D eigenvalue weighted by molar-refractivity contribution is 5.89. The first-order chi connectivity index (χ1) is 10.6. The number of halogens is 1. The monoisotopic (exact) mass is 302 g/mol. The molecule has 0 radical (unpaired) electrons. The molecule has 0 heterocycles. The van der Waals surface area contributed by atoms with Crippen molar-refractivity contribution in [3.63, 3.8) is 0 Å². The summed E-state index contributed by atoms with van der Waals surface area (Å²) in [5.74, 6) is -0.484. The maximum absolute atomic E-state index is 13.7. The third kappa shape index (κ3) is 4.30. The summed E-state index contributed by atoms with van der Waals surface area (Å²) in [4.78, 5) is 13.7. The van der Waals surface area contributed by atoms with E-state index in [0.29, 0.717) is 6.54 Å². The molecule has 0 unspecified atom stereocenters. The molecule has 0 aromatic heterocycles. The summed E-state index contributed by atoms with van der Waals surface area (Å²) >= 11 is 0. The number of nitrogens with zero attached hydrogens (tertiary/aromatic N) is 1. The number of aliphatic hydroxyl groups excluding tert-OH is 1. The zero-order valence-electron chi connectivity index (χ0n) is 12.4. The number of aliphatic hydroxyl groups is 1. The van der Waals surface area contributed by atoms with Gasteiger partial charge in [-0.15, -0.1) is 0 Å². The number of urea groups is 1. The molecule has 0 aliphatic rings. The molecule has 2 rings (SSSR count). The van der Waals surface area contributed by atoms with Gasteiger partial charge < -0.3 is 15.3 Å². The van der Waals surface area contributed by atoms with Gasteiger partial charge in [-0.25, -0.2) is 9.18 Å². The van der Waals surface area contributed by atoms with E-state index in [1.54, 1.807) is 12.1 Å². The molecule has 2 amide bonds. The Bertz CT molecular complexity index is 632. The first kappa shape index (κ1) is 16.0. The Kier molecular flexibility index (Phi) is 5.49. The lowest BCUT2D eigenvalue weighted by Gasteiger charge is -2.22. The van der Waals surface area contributed by atoms with Crippen LogP contribution in [-0.4, -0.2) is 29.2 Å². The van der Waals surface area contributed by atoms with Crippen molar-refractivity contribution in [2.45, 2.75) is 13.5 Å². The largest absolute Gasteiger partial charge is 0.395 e. The number of nitrogens with one attached hydrogen (secondary N) is 1. The van der Waals surface area contributed by atoms with E-state index < -0.39 is 11.8 Å². The Morgan fingerprint density at radius 1 is 1.23 bits per heavy atom. The van der Waals surface area contributed by atoms with Crippen LogP contribution < -0.4 is 5.32 Å². The van der Waals surface area contributed by atoms with E-state index in [4.69, 9.17) is 5.11 Å². The first-order valence-electron chi connectivity index (χ1n) is 7.07. The molecule has 0 aliphatic carbocycles. The highest BCUT2D eigenvalue weighted by Gasteiger charge is 2.15. The van der Waals surface area contributed by atoms with E-state index in [9.17, 15) is 9.18 Å². The number of hydrogen-bond donors (Lipinski definition) is 2. The Hall–Kier alpha value is -2.40. The van der Waals surface area contributed by atoms with Gasteiger partial charge in [-0.2, -0.15) is 0 Å². The van der Waals surface area contributed by atoms with Gasteiger partial charge >= 0.3 is 6.03 Å². The lowest BCUT2D eigenvalue weighted by atomic mass is 10.2. The SMILES string of the molecule is Cc1ccc(F)c(NC(=O)N(CCO)Cc2ccccc2)c1. The van der Waals surface area contributed by atoms with Crippen LogP contribution in [0.3, 0.4) is 0 Å². The number of benzene rings is 2. The van der Waals surface area contributed by atoms with Gasteiger partial charge in [0.2, 0.25) is 0 Å². The molecule has 2 N–H and O–H groups in total. The molecule has 4 nitrogen and oxygen atoms in total. The van der Waals surface area contributed by atoms with Crippen LogP contribution in [0.5, 0.6) is 0 Å². The van der Waals surface area contributed by atoms with Crippen molar-refractivity contribution in [1.82, 2.24) is 4.90 Å². The minimum absolute atomic E-state index is 0.140. The minimum atomic E-state index is -0.484. The van der Waals surface area contributed by atoms with Gasteiger partial charge in [-0.1, -0.05) is 36.4 Å². The van der Waals surface area contributed by atoms with Crippen LogP contribution in [0, 0.1) is 12.7 Å². The average Bonchev–Trinajstić information content (AvgIpc) is 2.51. The van der Waals surface area contributed by atoms with Crippen LogP contribution in [0.4, 0.5) is 14.9 Å². The van der Waals surface area contributed by atoms with Crippen LogP contribution in [0.15, 0.2) is 48.5 Å². The molecule has 22 heavy (non-hydrogen) atoms. The summed E-state index contributed by atoms with van der Waals surface area (Å²) in [7, 11) is 0. The van der Waals surface area contributed by atoms with Crippen molar-refractivity contribution in [2.24, 2.45) is 0 Å². The van der Waals surface area contributed by atoms with Crippen molar-refractivity contribution >= 4 is 11.7 Å². The fourth-order valence-corrected chi connectivity index (χ4v) is 2.11. The summed E-state index contributed by atoms with van der Waals surface area (Å²) in [5.41, 5.74) is 1.94. The van der Waals surface area contributed by atoms with Crippen molar-refractivity contribution in [1.29, 1.82) is 0 Å². The molecule has 2 aromatic carbocycles. The average molecular weight is 302 g/mol. The van der Waals surface area contributed by atoms with E-state index in [1.165, 1.54) is 11.0 Å². The molecule has 0 bridgehead atoms. The van der Waals surface area contributed by atoms with Crippen molar-refractivity contribution in [3.05, 3.63) is 65.5 Å². The van der Waals surface area contributed by atoms with Gasteiger partial charge in [0.05, 0.1) is 12.3 Å². The van der Waals surface area contributed by atoms with Gasteiger partial charge in [-0.05, 0) is 30.2 Å². The van der Waals surface area contributed by atoms with Gasteiger partial charge in [0, 0.05) is 13.1 Å². The zero-order valence-corrected chi connectivity index (χ0v) is 12.4. The molecule has 0 saturated carbocycles. The maximum Gasteiger partial charge on any atom is 0.322 e. The Balaban J connectivity index is 2.11. The quantitative estimate of drug-likeness (QED) is 0.891. The van der Waals surface area contributed by atoms with Gasteiger partial charge in [-0.3, -0.25) is 0 Å². The standard InChI is InChI=1S/C17H19FN2O2/c1-13-7-8-15(18)16(11-13)19-17(22)20(9-10-21)12-14-5-3-2-4-6-14/h2-8,11,21H,9-10,12H2,1H3,(H,19,22). The topological polar surface area (TPSA) is 52.6 Å². The second-order valence-electron chi connectivity index (χ2n) is 5.04. The normalized spacial score (nSPS) is 10.3. The van der Waals surface area contributed by atoms with Crippen molar-refractivity contribution in [3.8, 4) is 0 Å². The van der Waals surface area contributed by atoms with E-state index in [0.717, 1.165) is 11.1 Å². The van der Waals surface area contributed by atoms with Crippen LogP contribution >= 0.6 is 0 Å². The van der Waals surface area contributed by atoms with E-state index in [2.05, 4.69) is 5.32 Å². The van der Waals surface area contributed by atoms with Gasteiger partial charge in [0.25, 0.3) is 0 Å². The summed E-state index contributed by atoms with van der Waals surface area (Å²) in [6, 6.07) is 13.5. The number of rotatable bonds is 5. The summed E-state index contributed by atoms with van der Waals surface area (Å²) in [6.45, 7) is 2.19. The summed E-state index contributed by atoms with van der Waals surface area (Å²) in [6.07, 6.45) is 0. The molecule has 2 aromatic rings. The number of anilines is 1. The fraction of sp³-hybridized carbons (Fsp3) is 0.235. The predicted molar refractivity (Wildman–Crippen MR) is 84.1 cm³/mol. The van der Waals surface area contributed by atoms with Crippen molar-refractivity contribution in [2.75, 3.05) is 18.5 Å². The van der Waals surface area contributed by atoms with Gasteiger partial charge in [0.1, 0.15) is 5.82 Å². The minimum Gasteiger partial charge on any atom is -0.395 e. The van der Waals surface area contributed by atoms with Crippen LogP contribution in [0.25, 0.3) is 0 Å². The zero-order chi connectivity index (χ0) is 15.9. The van der Waals surface area contributed by atoms with Gasteiger partial charge in [0.15, 0.2) is 0 Å². The molecular weight excluding hydrogens is 283 g/mol. The van der Waals surface area contributed by atoms with E-state index in [-0.39, 0.29) is 18.8 Å². The fourth-order valence-electron chi connectivity index (χ4n) is 2.11. The maximum atomic E-state index is 13.7. The van der Waals surface area contributed by atoms with Crippen LogP contribution in [-0.2, 0) is 6.54 Å². The Morgan fingerprint density at radius 2 is 1.95 bits per heavy atom. The highest BCUT2D eigenvalue weighted by atomic mass is 19.1. The molecule has 0 spiro atoms. The van der Waals surface area contributed by atoms with E-state index >= 15 is 0 Å². The molecule has 5 heteroatoms. The third-order valence-corrected chi connectivity index (χ3v) is 3.24. The first-order valence-corrected chi connectivity index (χ1v) is 7.07. The summed E-state index contributed by atoms with van der Waals surface area (Å²) in [5, 5.41) is 11.7. The number of aryl methyl sites for hydroxylation is 1. The molecule has 0 saturated heterocycles. The highest BCUT2D eigenvalue weighted by Crippen LogP contribution is 2.16. The second-order valence-corrected chi connectivity index (χ2v) is 5.04. The third-order valence-electron chi connectivity index (χ3n) is 3.24. The Labute approximate surface area is 129 Å². The smallest absolute Gasteiger partial charge is 0.322 e. The number of carbonyl (C=O) groups excluding carboxylic acids is 1. The van der Waals surface area contributed by atoms with Crippen LogP contribution in [0.2, 0.25) is 0 Å². The van der Waals surface area contributed by atoms with E-state index in [1.807, 2.05) is 37.3 Å². The number of amides is 2. The Morgan fingerprint density at radius 3 is 2.64 bits per heavy atom. The molecule has 0 atom stereocenters. The lowest BCUT2D eigenvalue weighted by molar-refractivity contribution is 0.185. The van der Waals surface area contributed by atoms with Crippen molar-refractivity contribution < 1.29 is 14.3 Å².